The molecule has 1 aliphatic rings. The molecule has 0 spiro atoms. The van der Waals surface area contributed by atoms with Crippen LogP contribution in [0.5, 0.6) is 0 Å². The second-order valence-electron chi connectivity index (χ2n) is 5.81. The van der Waals surface area contributed by atoms with Crippen molar-refractivity contribution < 1.29 is 9.21 Å². The van der Waals surface area contributed by atoms with Crippen LogP contribution in [0, 0.1) is 0 Å². The van der Waals surface area contributed by atoms with Crippen LogP contribution in [0.25, 0.3) is 10.9 Å². The van der Waals surface area contributed by atoms with E-state index in [2.05, 4.69) is 15.2 Å². The molecule has 1 fully saturated rings. The van der Waals surface area contributed by atoms with Gasteiger partial charge in [-0.25, -0.2) is 9.89 Å². The fourth-order valence-electron chi connectivity index (χ4n) is 3.14. The first-order valence-corrected chi connectivity index (χ1v) is 7.63. The highest BCUT2D eigenvalue weighted by atomic mass is 16.4. The number of para-hydroxylation sites is 1. The van der Waals surface area contributed by atoms with Crippen LogP contribution < -0.4 is 5.76 Å². The number of H-pyrrole nitrogens is 2. The average molecular weight is 312 g/mol. The lowest BCUT2D eigenvalue weighted by Crippen LogP contribution is -2.39. The van der Waals surface area contributed by atoms with E-state index >= 15 is 0 Å². The molecule has 118 valence electrons. The van der Waals surface area contributed by atoms with Crippen LogP contribution in [0.2, 0.25) is 0 Å². The largest absolute Gasteiger partial charge is 0.434 e. The number of benzene rings is 1. The molecule has 3 heterocycles. The molecule has 0 bridgehead atoms. The number of carbonyl (C=O) groups excluding carboxylic acids is 1. The van der Waals surface area contributed by atoms with Gasteiger partial charge < -0.3 is 14.3 Å². The summed E-state index contributed by atoms with van der Waals surface area (Å²) in [5.74, 6) is -0.261. The van der Waals surface area contributed by atoms with Crippen LogP contribution in [0.15, 0.2) is 39.5 Å². The number of carbonyl (C=O) groups is 1. The highest BCUT2D eigenvalue weighted by Gasteiger charge is 2.29. The summed E-state index contributed by atoms with van der Waals surface area (Å²) in [6.45, 7) is 1.20. The molecule has 3 aromatic rings. The van der Waals surface area contributed by atoms with Crippen molar-refractivity contribution in [2.75, 3.05) is 13.1 Å². The zero-order chi connectivity index (χ0) is 15.8. The third-order valence-corrected chi connectivity index (χ3v) is 4.27. The molecular formula is C16H16N4O3. The summed E-state index contributed by atoms with van der Waals surface area (Å²) in [5.41, 5.74) is 1.53. The predicted octanol–water partition coefficient (Wildman–Crippen LogP) is 1.86. The van der Waals surface area contributed by atoms with Gasteiger partial charge in [-0.1, -0.05) is 18.2 Å². The van der Waals surface area contributed by atoms with Gasteiger partial charge in [-0.15, -0.1) is 5.10 Å². The maximum atomic E-state index is 12.7. The zero-order valence-corrected chi connectivity index (χ0v) is 12.4. The first-order valence-electron chi connectivity index (χ1n) is 7.63. The van der Waals surface area contributed by atoms with Gasteiger partial charge >= 0.3 is 5.76 Å². The molecule has 7 nitrogen and oxygen atoms in total. The quantitative estimate of drug-likeness (QED) is 0.755. The fourth-order valence-corrected chi connectivity index (χ4v) is 3.14. The normalized spacial score (nSPS) is 18.4. The molecule has 1 aromatic carbocycles. The molecule has 2 aromatic heterocycles. The number of aromatic amines is 2. The van der Waals surface area contributed by atoms with E-state index in [1.807, 2.05) is 30.3 Å². The predicted molar refractivity (Wildman–Crippen MR) is 83.3 cm³/mol. The Hall–Kier alpha value is -2.83. The monoisotopic (exact) mass is 312 g/mol. The topological polar surface area (TPSA) is 95.0 Å². The van der Waals surface area contributed by atoms with Crippen molar-refractivity contribution >= 4 is 16.8 Å². The van der Waals surface area contributed by atoms with E-state index in [1.54, 1.807) is 4.90 Å². The summed E-state index contributed by atoms with van der Waals surface area (Å²) in [7, 11) is 0. The molecule has 1 amide bonds. The molecule has 23 heavy (non-hydrogen) atoms. The van der Waals surface area contributed by atoms with Crippen LogP contribution in [0.4, 0.5) is 0 Å². The highest BCUT2D eigenvalue weighted by molar-refractivity contribution is 5.98. The highest BCUT2D eigenvalue weighted by Crippen LogP contribution is 2.26. The lowest BCUT2D eigenvalue weighted by molar-refractivity contribution is 0.0693. The van der Waals surface area contributed by atoms with Crippen molar-refractivity contribution in [2.45, 2.75) is 18.8 Å². The summed E-state index contributed by atoms with van der Waals surface area (Å²) in [6, 6.07) is 9.67. The lowest BCUT2D eigenvalue weighted by atomic mass is 9.98. The Bertz CT molecular complexity index is 874. The van der Waals surface area contributed by atoms with Crippen LogP contribution in [0.1, 0.15) is 35.1 Å². The standard InChI is InChI=1S/C16H16N4O3/c21-15(13-8-10-4-1-2-6-12(10)17-13)20-7-3-5-11(9-20)14-18-19-16(22)23-14/h1-2,4,6,8,11,17H,3,5,7,9H2,(H,19,22). The molecule has 4 rings (SSSR count). The molecule has 1 atom stereocenters. The van der Waals surface area contributed by atoms with Gasteiger partial charge in [-0.2, -0.15) is 0 Å². The van der Waals surface area contributed by atoms with Crippen molar-refractivity contribution in [3.63, 3.8) is 0 Å². The minimum atomic E-state index is -0.556. The molecular weight excluding hydrogens is 296 g/mol. The number of rotatable bonds is 2. The molecule has 0 saturated carbocycles. The Morgan fingerprint density at radius 1 is 1.35 bits per heavy atom. The number of nitrogens with one attached hydrogen (secondary N) is 2. The number of amides is 1. The minimum Gasteiger partial charge on any atom is -0.392 e. The molecule has 0 aliphatic carbocycles. The van der Waals surface area contributed by atoms with Gasteiger partial charge in [0.05, 0.1) is 5.92 Å². The Labute approximate surface area is 131 Å². The Morgan fingerprint density at radius 2 is 2.22 bits per heavy atom. The molecule has 0 radical (unpaired) electrons. The molecule has 1 aliphatic heterocycles. The van der Waals surface area contributed by atoms with Crippen molar-refractivity contribution in [1.29, 1.82) is 0 Å². The van der Waals surface area contributed by atoms with Gasteiger partial charge in [0.15, 0.2) is 0 Å². The number of fused-ring (bicyclic) bond motifs is 1. The van der Waals surface area contributed by atoms with Gasteiger partial charge in [-0.05, 0) is 25.0 Å². The van der Waals surface area contributed by atoms with E-state index in [9.17, 15) is 9.59 Å². The number of aromatic nitrogens is 3. The van der Waals surface area contributed by atoms with Crippen molar-refractivity contribution in [2.24, 2.45) is 0 Å². The van der Waals surface area contributed by atoms with Gasteiger partial charge in [-0.3, -0.25) is 4.79 Å². The summed E-state index contributed by atoms with van der Waals surface area (Å²) in [6.07, 6.45) is 1.71. The van der Waals surface area contributed by atoms with Gasteiger partial charge in [0, 0.05) is 24.0 Å². The lowest BCUT2D eigenvalue weighted by Gasteiger charge is -2.30. The average Bonchev–Trinajstić information content (AvgIpc) is 3.20. The summed E-state index contributed by atoms with van der Waals surface area (Å²) in [4.78, 5) is 28.8. The summed E-state index contributed by atoms with van der Waals surface area (Å²) < 4.78 is 5.04. The Balaban J connectivity index is 1.56. The second-order valence-corrected chi connectivity index (χ2v) is 5.81. The van der Waals surface area contributed by atoms with E-state index in [0.29, 0.717) is 24.7 Å². The van der Waals surface area contributed by atoms with Crippen LogP contribution in [-0.2, 0) is 0 Å². The number of hydrogen-bond acceptors (Lipinski definition) is 4. The molecule has 2 N–H and O–H groups in total. The summed E-state index contributed by atoms with van der Waals surface area (Å²) >= 11 is 0. The number of likely N-dealkylation sites (tertiary alicyclic amines) is 1. The number of piperidine rings is 1. The first-order chi connectivity index (χ1) is 11.2. The van der Waals surface area contributed by atoms with Gasteiger partial charge in [0.25, 0.3) is 5.91 Å². The smallest absolute Gasteiger partial charge is 0.392 e. The third kappa shape index (κ3) is 2.54. The number of hydrogen-bond donors (Lipinski definition) is 2. The molecule has 7 heteroatoms. The second kappa shape index (κ2) is 5.42. The van der Waals surface area contributed by atoms with Crippen LogP contribution in [-0.4, -0.2) is 39.1 Å². The molecule has 1 unspecified atom stereocenters. The first kappa shape index (κ1) is 13.8. The minimum absolute atomic E-state index is 0.0382. The van der Waals surface area contributed by atoms with Crippen molar-refractivity contribution in [1.82, 2.24) is 20.1 Å². The molecule has 1 saturated heterocycles. The summed E-state index contributed by atoms with van der Waals surface area (Å²) in [5, 5.41) is 7.18. The van der Waals surface area contributed by atoms with Gasteiger partial charge in [0.2, 0.25) is 5.89 Å². The van der Waals surface area contributed by atoms with Crippen molar-refractivity contribution in [3.05, 3.63) is 52.5 Å². The SMILES string of the molecule is O=C(c1cc2ccccc2[nH]1)N1CCCC(c2n[nH]c(=O)o2)C1. The van der Waals surface area contributed by atoms with E-state index in [-0.39, 0.29) is 11.8 Å². The Kier molecular flexibility index (Phi) is 3.25. The third-order valence-electron chi connectivity index (χ3n) is 4.27. The van der Waals surface area contributed by atoms with Crippen LogP contribution in [0.3, 0.4) is 0 Å². The zero-order valence-electron chi connectivity index (χ0n) is 12.4. The number of nitrogens with zero attached hydrogens (tertiary/aromatic N) is 2. The fraction of sp³-hybridized carbons (Fsp3) is 0.312. The van der Waals surface area contributed by atoms with Gasteiger partial charge in [0.1, 0.15) is 5.69 Å². The van der Waals surface area contributed by atoms with E-state index in [4.69, 9.17) is 4.42 Å². The Morgan fingerprint density at radius 3 is 3.00 bits per heavy atom. The van der Waals surface area contributed by atoms with E-state index < -0.39 is 5.76 Å². The maximum Gasteiger partial charge on any atom is 0.434 e. The van der Waals surface area contributed by atoms with E-state index in [1.165, 1.54) is 0 Å². The van der Waals surface area contributed by atoms with Crippen LogP contribution >= 0.6 is 0 Å². The van der Waals surface area contributed by atoms with E-state index in [0.717, 1.165) is 23.7 Å². The van der Waals surface area contributed by atoms with Crippen molar-refractivity contribution in [3.8, 4) is 0 Å². The maximum absolute atomic E-state index is 12.7.